The number of nitrogens with zero attached hydrogens (tertiary/aromatic N) is 4. The highest BCUT2D eigenvalue weighted by atomic mass is 16.3. The lowest BCUT2D eigenvalue weighted by molar-refractivity contribution is 0.145. The number of hydrogen-bond donors (Lipinski definition) is 2. The van der Waals surface area contributed by atoms with Gasteiger partial charge in [-0.15, -0.1) is 0 Å². The van der Waals surface area contributed by atoms with Crippen LogP contribution in [0.5, 0.6) is 0 Å². The Hall–Kier alpha value is -2.93. The average molecular weight is 434 g/mol. The second-order valence-corrected chi connectivity index (χ2v) is 9.00. The number of fused-ring (bicyclic) bond motifs is 1. The number of rotatable bonds is 5. The Morgan fingerprint density at radius 3 is 2.50 bits per heavy atom. The van der Waals surface area contributed by atoms with E-state index in [2.05, 4.69) is 27.3 Å². The van der Waals surface area contributed by atoms with Crippen LogP contribution in [0.25, 0.3) is 11.0 Å². The molecule has 1 aromatic carbocycles. The van der Waals surface area contributed by atoms with Crippen molar-refractivity contribution in [1.82, 2.24) is 14.5 Å². The van der Waals surface area contributed by atoms with E-state index in [1.807, 2.05) is 35.9 Å². The van der Waals surface area contributed by atoms with E-state index in [0.29, 0.717) is 12.4 Å². The van der Waals surface area contributed by atoms with Crippen molar-refractivity contribution in [2.45, 2.75) is 64.0 Å². The normalized spacial score (nSPS) is 17.9. The van der Waals surface area contributed by atoms with Crippen LogP contribution in [0.1, 0.15) is 57.1 Å². The number of aliphatic hydroxyl groups excluding tert-OH is 1. The number of pyridine rings is 1. The lowest BCUT2D eigenvalue weighted by atomic mass is 10.1. The number of piperidine rings is 1. The number of hydrogen-bond acceptors (Lipinski definition) is 6. The first-order valence-corrected chi connectivity index (χ1v) is 11.8. The summed E-state index contributed by atoms with van der Waals surface area (Å²) in [5.74, 6) is 0.502. The van der Waals surface area contributed by atoms with Gasteiger partial charge in [-0.2, -0.15) is 4.98 Å². The van der Waals surface area contributed by atoms with E-state index < -0.39 is 0 Å². The minimum Gasteiger partial charge on any atom is -0.393 e. The van der Waals surface area contributed by atoms with E-state index in [9.17, 15) is 9.90 Å². The van der Waals surface area contributed by atoms with Crippen LogP contribution in [-0.2, 0) is 6.42 Å². The molecule has 2 aliphatic rings. The molecule has 0 bridgehead atoms. The van der Waals surface area contributed by atoms with Crippen LogP contribution in [-0.4, -0.2) is 38.8 Å². The van der Waals surface area contributed by atoms with E-state index >= 15 is 0 Å². The highest BCUT2D eigenvalue weighted by Crippen LogP contribution is 2.31. The Balaban J connectivity index is 1.42. The zero-order valence-corrected chi connectivity index (χ0v) is 18.6. The van der Waals surface area contributed by atoms with Crippen molar-refractivity contribution in [2.75, 3.05) is 23.3 Å². The van der Waals surface area contributed by atoms with Gasteiger partial charge < -0.3 is 15.3 Å². The first kappa shape index (κ1) is 20.9. The van der Waals surface area contributed by atoms with Crippen LogP contribution < -0.4 is 15.8 Å². The van der Waals surface area contributed by atoms with Gasteiger partial charge in [-0.3, -0.25) is 9.36 Å². The maximum atomic E-state index is 13.1. The molecule has 7 nitrogen and oxygen atoms in total. The summed E-state index contributed by atoms with van der Waals surface area (Å²) in [6, 6.07) is 10.4. The summed E-state index contributed by atoms with van der Waals surface area (Å²) in [4.78, 5) is 24.7. The number of aryl methyl sites for hydroxylation is 1. The molecule has 32 heavy (non-hydrogen) atoms. The van der Waals surface area contributed by atoms with Crippen molar-refractivity contribution >= 4 is 28.4 Å². The SMILES string of the molecule is CCc1cc2cnc(Nc3ccc(N4CCC(O)CC4)cc3)nc2n(C2CCCC2)c1=O. The number of benzene rings is 1. The van der Waals surface area contributed by atoms with Crippen molar-refractivity contribution in [3.8, 4) is 0 Å². The fourth-order valence-corrected chi connectivity index (χ4v) is 5.00. The number of nitrogens with one attached hydrogen (secondary N) is 1. The van der Waals surface area contributed by atoms with Gasteiger partial charge in [-0.05, 0) is 62.4 Å². The zero-order chi connectivity index (χ0) is 22.1. The molecule has 1 aliphatic carbocycles. The molecule has 0 unspecified atom stereocenters. The van der Waals surface area contributed by atoms with Gasteiger partial charge in [-0.25, -0.2) is 4.98 Å². The third-order valence-electron chi connectivity index (χ3n) is 6.87. The monoisotopic (exact) mass is 433 g/mol. The molecule has 2 N–H and O–H groups in total. The van der Waals surface area contributed by atoms with E-state index in [4.69, 9.17) is 4.98 Å². The third-order valence-corrected chi connectivity index (χ3v) is 6.87. The highest BCUT2D eigenvalue weighted by molar-refractivity contribution is 5.77. The summed E-state index contributed by atoms with van der Waals surface area (Å²) < 4.78 is 1.92. The van der Waals surface area contributed by atoms with Gasteiger partial charge in [0.2, 0.25) is 5.95 Å². The van der Waals surface area contributed by atoms with Gasteiger partial charge >= 0.3 is 0 Å². The van der Waals surface area contributed by atoms with E-state index in [1.54, 1.807) is 0 Å². The molecule has 0 atom stereocenters. The van der Waals surface area contributed by atoms with Gasteiger partial charge in [0.15, 0.2) is 0 Å². The molecule has 0 amide bonds. The van der Waals surface area contributed by atoms with Crippen LogP contribution in [0.2, 0.25) is 0 Å². The molecule has 1 aliphatic heterocycles. The van der Waals surface area contributed by atoms with Crippen molar-refractivity contribution in [3.63, 3.8) is 0 Å². The first-order chi connectivity index (χ1) is 15.6. The largest absolute Gasteiger partial charge is 0.393 e. The Morgan fingerprint density at radius 1 is 1.09 bits per heavy atom. The summed E-state index contributed by atoms with van der Waals surface area (Å²) in [7, 11) is 0. The highest BCUT2D eigenvalue weighted by Gasteiger charge is 2.22. The average Bonchev–Trinajstić information content (AvgIpc) is 3.34. The summed E-state index contributed by atoms with van der Waals surface area (Å²) in [5, 5.41) is 13.9. The number of anilines is 3. The molecule has 1 saturated heterocycles. The Morgan fingerprint density at radius 2 is 1.81 bits per heavy atom. The Bertz CT molecular complexity index is 1140. The lowest BCUT2D eigenvalue weighted by Crippen LogP contribution is -2.35. The molecule has 5 rings (SSSR count). The standard InChI is InChI=1S/C25H31N5O2/c1-2-17-15-18-16-26-25(28-23(18)30(24(17)32)21-5-3-4-6-21)27-19-7-9-20(10-8-19)29-13-11-22(31)12-14-29/h7-10,15-16,21-22,31H,2-6,11-14H2,1H3,(H,26,27,28). The van der Waals surface area contributed by atoms with Crippen molar-refractivity contribution in [3.05, 3.63) is 52.4 Å². The summed E-state index contributed by atoms with van der Waals surface area (Å²) in [6.07, 6.45) is 8.37. The minimum atomic E-state index is -0.174. The second-order valence-electron chi connectivity index (χ2n) is 9.00. The Labute approximate surface area is 188 Å². The van der Waals surface area contributed by atoms with Crippen molar-refractivity contribution in [2.24, 2.45) is 0 Å². The molecule has 168 valence electrons. The third kappa shape index (κ3) is 4.09. The molecular formula is C25H31N5O2. The first-order valence-electron chi connectivity index (χ1n) is 11.8. The van der Waals surface area contributed by atoms with Gasteiger partial charge in [0.05, 0.1) is 6.10 Å². The molecule has 3 heterocycles. The summed E-state index contributed by atoms with van der Waals surface area (Å²) in [6.45, 7) is 3.77. The number of aliphatic hydroxyl groups is 1. The van der Waals surface area contributed by atoms with Gasteiger partial charge in [-0.1, -0.05) is 19.8 Å². The number of aromatic nitrogens is 3. The summed E-state index contributed by atoms with van der Waals surface area (Å²) >= 11 is 0. The molecule has 0 spiro atoms. The molecule has 0 radical (unpaired) electrons. The quantitative estimate of drug-likeness (QED) is 0.628. The maximum absolute atomic E-state index is 13.1. The van der Waals surface area contributed by atoms with Crippen molar-refractivity contribution in [1.29, 1.82) is 0 Å². The van der Waals surface area contributed by atoms with Gasteiger partial charge in [0.25, 0.3) is 5.56 Å². The topological polar surface area (TPSA) is 83.3 Å². The summed E-state index contributed by atoms with van der Waals surface area (Å²) in [5.41, 5.74) is 3.70. The van der Waals surface area contributed by atoms with Crippen LogP contribution in [0.15, 0.2) is 41.3 Å². The fraction of sp³-hybridized carbons (Fsp3) is 0.480. The minimum absolute atomic E-state index is 0.0903. The fourth-order valence-electron chi connectivity index (χ4n) is 5.00. The van der Waals surface area contributed by atoms with Gasteiger partial charge in [0, 0.05) is 47.7 Å². The predicted octanol–water partition coefficient (Wildman–Crippen LogP) is 4.17. The molecule has 2 fully saturated rings. The molecule has 3 aromatic rings. The zero-order valence-electron chi connectivity index (χ0n) is 18.6. The maximum Gasteiger partial charge on any atom is 0.255 e. The Kier molecular flexibility index (Phi) is 5.83. The van der Waals surface area contributed by atoms with Crippen LogP contribution in [0.4, 0.5) is 17.3 Å². The molecular weight excluding hydrogens is 402 g/mol. The van der Waals surface area contributed by atoms with Crippen LogP contribution >= 0.6 is 0 Å². The van der Waals surface area contributed by atoms with Gasteiger partial charge in [0.1, 0.15) is 5.65 Å². The predicted molar refractivity (Wildman–Crippen MR) is 128 cm³/mol. The van der Waals surface area contributed by atoms with Crippen LogP contribution in [0.3, 0.4) is 0 Å². The molecule has 1 saturated carbocycles. The molecule has 7 heteroatoms. The van der Waals surface area contributed by atoms with E-state index in [-0.39, 0.29) is 17.7 Å². The van der Waals surface area contributed by atoms with Crippen LogP contribution in [0, 0.1) is 0 Å². The van der Waals surface area contributed by atoms with E-state index in [1.165, 1.54) is 0 Å². The smallest absolute Gasteiger partial charge is 0.255 e. The van der Waals surface area contributed by atoms with Crippen molar-refractivity contribution < 1.29 is 5.11 Å². The van der Waals surface area contributed by atoms with E-state index in [0.717, 1.165) is 79.6 Å². The molecule has 2 aromatic heterocycles. The lowest BCUT2D eigenvalue weighted by Gasteiger charge is -2.31. The second kappa shape index (κ2) is 8.90.